The third-order valence-electron chi connectivity index (χ3n) is 2.50. The normalized spacial score (nSPS) is 12.8. The molecule has 0 radical (unpaired) electrons. The monoisotopic (exact) mass is 218 g/mol. The van der Waals surface area contributed by atoms with Gasteiger partial charge in [0.05, 0.1) is 5.38 Å². The molecule has 2 heteroatoms. The molecule has 0 spiro atoms. The standard InChI is InChI=1S/C12H23ClO/c1-3-4-5-6-7-8-9-10-12(13)11(2)14/h12H,3-10H2,1-2H3. The number of ketones is 1. The van der Waals surface area contributed by atoms with Gasteiger partial charge in [0.25, 0.3) is 0 Å². The van der Waals surface area contributed by atoms with Crippen molar-refractivity contribution in [1.82, 2.24) is 0 Å². The van der Waals surface area contributed by atoms with Gasteiger partial charge in [-0.15, -0.1) is 11.6 Å². The van der Waals surface area contributed by atoms with Crippen LogP contribution in [0.1, 0.15) is 65.2 Å². The van der Waals surface area contributed by atoms with Gasteiger partial charge in [0.15, 0.2) is 0 Å². The summed E-state index contributed by atoms with van der Waals surface area (Å²) in [7, 11) is 0. The molecule has 0 fully saturated rings. The van der Waals surface area contributed by atoms with Crippen LogP contribution in [0.2, 0.25) is 0 Å². The molecule has 0 saturated carbocycles. The van der Waals surface area contributed by atoms with Gasteiger partial charge in [-0.05, 0) is 13.3 Å². The number of carbonyl (C=O) groups excluding carboxylic acids is 1. The fraction of sp³-hybridized carbons (Fsp3) is 0.917. The van der Waals surface area contributed by atoms with Gasteiger partial charge in [-0.2, -0.15) is 0 Å². The highest BCUT2D eigenvalue weighted by atomic mass is 35.5. The molecule has 0 aliphatic carbocycles. The third-order valence-corrected chi connectivity index (χ3v) is 3.03. The van der Waals surface area contributed by atoms with E-state index in [1.807, 2.05) is 0 Å². The summed E-state index contributed by atoms with van der Waals surface area (Å²) in [6.45, 7) is 3.80. The molecule has 1 atom stereocenters. The maximum atomic E-state index is 10.8. The first-order chi connectivity index (χ1) is 6.68. The van der Waals surface area contributed by atoms with Crippen molar-refractivity contribution in [2.24, 2.45) is 0 Å². The molecule has 14 heavy (non-hydrogen) atoms. The minimum absolute atomic E-state index is 0.109. The number of hydrogen-bond donors (Lipinski definition) is 0. The molecular formula is C12H23ClO. The topological polar surface area (TPSA) is 17.1 Å². The Balaban J connectivity index is 3.09. The van der Waals surface area contributed by atoms with Crippen LogP contribution in [0.15, 0.2) is 0 Å². The summed E-state index contributed by atoms with van der Waals surface area (Å²) in [6, 6.07) is 0. The summed E-state index contributed by atoms with van der Waals surface area (Å²) >= 11 is 5.83. The van der Waals surface area contributed by atoms with Gasteiger partial charge >= 0.3 is 0 Å². The Hall–Kier alpha value is -0.0400. The average molecular weight is 219 g/mol. The van der Waals surface area contributed by atoms with Crippen LogP contribution in [0.25, 0.3) is 0 Å². The summed E-state index contributed by atoms with van der Waals surface area (Å²) in [4.78, 5) is 10.8. The highest BCUT2D eigenvalue weighted by Crippen LogP contribution is 2.12. The van der Waals surface area contributed by atoms with Crippen molar-refractivity contribution >= 4 is 17.4 Å². The van der Waals surface area contributed by atoms with Crippen LogP contribution in [0, 0.1) is 0 Å². The summed E-state index contributed by atoms with van der Waals surface area (Å²) in [5, 5.41) is -0.245. The molecule has 1 nitrogen and oxygen atoms in total. The Labute approximate surface area is 93.2 Å². The number of rotatable bonds is 9. The maximum absolute atomic E-state index is 10.8. The van der Waals surface area contributed by atoms with Crippen LogP contribution in [0.5, 0.6) is 0 Å². The van der Waals surface area contributed by atoms with E-state index in [1.54, 1.807) is 6.92 Å². The molecule has 0 aromatic heterocycles. The van der Waals surface area contributed by atoms with Gasteiger partial charge in [-0.3, -0.25) is 4.79 Å². The van der Waals surface area contributed by atoms with E-state index in [9.17, 15) is 4.79 Å². The number of unbranched alkanes of at least 4 members (excludes halogenated alkanes) is 6. The van der Waals surface area contributed by atoms with E-state index in [1.165, 1.54) is 38.5 Å². The smallest absolute Gasteiger partial charge is 0.147 e. The first-order valence-electron chi connectivity index (χ1n) is 5.83. The Kier molecular flexibility index (Phi) is 9.49. The summed E-state index contributed by atoms with van der Waals surface area (Å²) < 4.78 is 0. The first-order valence-corrected chi connectivity index (χ1v) is 6.26. The van der Waals surface area contributed by atoms with E-state index >= 15 is 0 Å². The van der Waals surface area contributed by atoms with Crippen LogP contribution < -0.4 is 0 Å². The van der Waals surface area contributed by atoms with Crippen LogP contribution in [-0.2, 0) is 4.79 Å². The van der Waals surface area contributed by atoms with Gasteiger partial charge in [0, 0.05) is 0 Å². The van der Waals surface area contributed by atoms with Crippen LogP contribution in [-0.4, -0.2) is 11.2 Å². The van der Waals surface area contributed by atoms with Crippen LogP contribution in [0.4, 0.5) is 0 Å². The zero-order chi connectivity index (χ0) is 10.8. The van der Waals surface area contributed by atoms with Gasteiger partial charge < -0.3 is 0 Å². The number of hydrogen-bond acceptors (Lipinski definition) is 1. The minimum atomic E-state index is -0.245. The fourth-order valence-electron chi connectivity index (χ4n) is 1.48. The van der Waals surface area contributed by atoms with Gasteiger partial charge in [-0.1, -0.05) is 51.9 Å². The number of alkyl halides is 1. The van der Waals surface area contributed by atoms with Crippen molar-refractivity contribution in [2.75, 3.05) is 0 Å². The quantitative estimate of drug-likeness (QED) is 0.416. The SMILES string of the molecule is CCCCCCCCCC(Cl)C(C)=O. The summed E-state index contributed by atoms with van der Waals surface area (Å²) in [6.07, 6.45) is 9.81. The molecule has 0 bridgehead atoms. The molecule has 0 aliphatic rings. The minimum Gasteiger partial charge on any atom is -0.298 e. The summed E-state index contributed by atoms with van der Waals surface area (Å²) in [5.41, 5.74) is 0. The second-order valence-electron chi connectivity index (χ2n) is 3.99. The van der Waals surface area contributed by atoms with E-state index in [4.69, 9.17) is 11.6 Å². The van der Waals surface area contributed by atoms with E-state index in [-0.39, 0.29) is 11.2 Å². The molecule has 0 aromatic carbocycles. The second kappa shape index (κ2) is 9.51. The maximum Gasteiger partial charge on any atom is 0.147 e. The lowest BCUT2D eigenvalue weighted by Crippen LogP contribution is -2.09. The zero-order valence-corrected chi connectivity index (χ0v) is 10.3. The lowest BCUT2D eigenvalue weighted by molar-refractivity contribution is -0.116. The molecule has 84 valence electrons. The van der Waals surface area contributed by atoms with E-state index in [0.29, 0.717) is 0 Å². The third kappa shape index (κ3) is 8.55. The van der Waals surface area contributed by atoms with E-state index < -0.39 is 0 Å². The molecular weight excluding hydrogens is 196 g/mol. The molecule has 0 amide bonds. The van der Waals surface area contributed by atoms with Crippen LogP contribution >= 0.6 is 11.6 Å². The molecule has 0 heterocycles. The molecule has 0 N–H and O–H groups in total. The lowest BCUT2D eigenvalue weighted by Gasteiger charge is -2.04. The summed E-state index contributed by atoms with van der Waals surface area (Å²) in [5.74, 6) is 0.109. The number of Topliss-reactive ketones (excluding diaryl/α,β-unsaturated/α-hetero) is 1. The predicted octanol–water partition coefficient (Wildman–Crippen LogP) is 4.32. The van der Waals surface area contributed by atoms with Crippen molar-refractivity contribution < 1.29 is 4.79 Å². The highest BCUT2D eigenvalue weighted by Gasteiger charge is 2.08. The largest absolute Gasteiger partial charge is 0.298 e. The first kappa shape index (κ1) is 14.0. The van der Waals surface area contributed by atoms with E-state index in [0.717, 1.165) is 12.8 Å². The van der Waals surface area contributed by atoms with Crippen molar-refractivity contribution in [3.8, 4) is 0 Å². The van der Waals surface area contributed by atoms with Gasteiger partial charge in [0.2, 0.25) is 0 Å². The van der Waals surface area contributed by atoms with Gasteiger partial charge in [-0.25, -0.2) is 0 Å². The molecule has 0 saturated heterocycles. The van der Waals surface area contributed by atoms with Crippen molar-refractivity contribution in [3.05, 3.63) is 0 Å². The van der Waals surface area contributed by atoms with Gasteiger partial charge in [0.1, 0.15) is 5.78 Å². The Morgan fingerprint density at radius 1 is 1.07 bits per heavy atom. The highest BCUT2D eigenvalue weighted by molar-refractivity contribution is 6.30. The lowest BCUT2D eigenvalue weighted by atomic mass is 10.1. The van der Waals surface area contributed by atoms with Crippen molar-refractivity contribution in [3.63, 3.8) is 0 Å². The average Bonchev–Trinajstić information content (AvgIpc) is 2.16. The Morgan fingerprint density at radius 3 is 2.07 bits per heavy atom. The van der Waals surface area contributed by atoms with Crippen molar-refractivity contribution in [1.29, 1.82) is 0 Å². The number of halogens is 1. The van der Waals surface area contributed by atoms with Crippen LogP contribution in [0.3, 0.4) is 0 Å². The molecule has 0 aliphatic heterocycles. The predicted molar refractivity (Wildman–Crippen MR) is 62.9 cm³/mol. The molecule has 1 unspecified atom stereocenters. The van der Waals surface area contributed by atoms with E-state index in [2.05, 4.69) is 6.92 Å². The van der Waals surface area contributed by atoms with Crippen molar-refractivity contribution in [2.45, 2.75) is 70.6 Å². The molecule has 0 aromatic rings. The number of carbonyl (C=O) groups is 1. The Morgan fingerprint density at radius 2 is 1.57 bits per heavy atom. The second-order valence-corrected chi connectivity index (χ2v) is 4.52. The fourth-order valence-corrected chi connectivity index (χ4v) is 1.64. The zero-order valence-electron chi connectivity index (χ0n) is 9.52. The Bertz CT molecular complexity index is 145. The molecule has 0 rings (SSSR count).